The lowest BCUT2D eigenvalue weighted by Gasteiger charge is -2.37. The van der Waals surface area contributed by atoms with Crippen molar-refractivity contribution in [2.45, 2.75) is 49.1 Å². The van der Waals surface area contributed by atoms with Crippen LogP contribution in [-0.2, 0) is 19.1 Å². The number of amides is 2. The van der Waals surface area contributed by atoms with Gasteiger partial charge in [-0.1, -0.05) is 18.7 Å². The van der Waals surface area contributed by atoms with Gasteiger partial charge in [-0.05, 0) is 57.9 Å². The number of esters is 1. The lowest BCUT2D eigenvalue weighted by Crippen LogP contribution is -2.55. The molecule has 2 bridgehead atoms. The molecule has 0 aliphatic carbocycles. The molecule has 3 aliphatic heterocycles. The summed E-state index contributed by atoms with van der Waals surface area (Å²) in [5.74, 6) is -2.24. The first-order valence-corrected chi connectivity index (χ1v) is 14.2. The normalized spacial score (nSPS) is 29.2. The minimum Gasteiger partial charge on any atom is -0.461 e. The summed E-state index contributed by atoms with van der Waals surface area (Å²) < 4.78 is 4.17. The molecular formula is C29H39N3O5S. The number of carbonyl (C=O) groups is 3. The Morgan fingerprint density at radius 3 is 2.39 bits per heavy atom. The van der Waals surface area contributed by atoms with E-state index >= 15 is 0 Å². The highest BCUT2D eigenvalue weighted by atomic mass is 32.2. The van der Waals surface area contributed by atoms with E-state index in [0.717, 1.165) is 18.8 Å². The number of fused-ring (bicyclic) bond motifs is 1. The Morgan fingerprint density at radius 1 is 1.16 bits per heavy atom. The monoisotopic (exact) mass is 541 g/mol. The number of anilines is 2. The molecule has 3 heterocycles. The number of β-amino-alcohol motifs (C(OH)–C–C–N with tert-alkyl or cyclic N) is 1. The maximum Gasteiger partial charge on any atom is 0.311 e. The van der Waals surface area contributed by atoms with Crippen molar-refractivity contribution >= 4 is 40.9 Å². The van der Waals surface area contributed by atoms with Crippen molar-refractivity contribution in [3.8, 4) is 0 Å². The smallest absolute Gasteiger partial charge is 0.311 e. The summed E-state index contributed by atoms with van der Waals surface area (Å²) in [6.07, 6.45) is 4.52. The average molecular weight is 542 g/mol. The Morgan fingerprint density at radius 2 is 1.82 bits per heavy atom. The zero-order valence-corrected chi connectivity index (χ0v) is 23.4. The summed E-state index contributed by atoms with van der Waals surface area (Å²) in [6.45, 7) is 15.5. The van der Waals surface area contributed by atoms with Gasteiger partial charge >= 0.3 is 5.97 Å². The van der Waals surface area contributed by atoms with E-state index in [9.17, 15) is 19.5 Å². The molecular weight excluding hydrogens is 502 g/mol. The molecule has 2 amide bonds. The molecule has 5 atom stereocenters. The number of likely N-dealkylation sites (tertiary alicyclic amines) is 1. The van der Waals surface area contributed by atoms with E-state index in [2.05, 4.69) is 31.9 Å². The van der Waals surface area contributed by atoms with Gasteiger partial charge in [-0.15, -0.1) is 18.3 Å². The van der Waals surface area contributed by atoms with Crippen molar-refractivity contribution in [2.24, 2.45) is 11.8 Å². The van der Waals surface area contributed by atoms with E-state index in [1.165, 1.54) is 11.0 Å². The van der Waals surface area contributed by atoms with Gasteiger partial charge in [0.25, 0.3) is 5.91 Å². The second kappa shape index (κ2) is 11.1. The average Bonchev–Trinajstić information content (AvgIpc) is 3.48. The summed E-state index contributed by atoms with van der Waals surface area (Å²) in [7, 11) is 0. The summed E-state index contributed by atoms with van der Waals surface area (Å²) in [5.41, 5.74) is 1.79. The maximum absolute atomic E-state index is 14.4. The molecule has 4 rings (SSSR count). The number of hydrogen-bond donors (Lipinski definition) is 1. The van der Waals surface area contributed by atoms with Crippen LogP contribution in [0.3, 0.4) is 0 Å². The molecule has 9 heteroatoms. The summed E-state index contributed by atoms with van der Waals surface area (Å²) in [4.78, 5) is 46.9. The molecule has 8 nitrogen and oxygen atoms in total. The topological polar surface area (TPSA) is 90.4 Å². The number of benzene rings is 1. The third-order valence-electron chi connectivity index (χ3n) is 8.32. The van der Waals surface area contributed by atoms with E-state index in [1.807, 2.05) is 31.2 Å². The Bertz CT molecular complexity index is 1090. The number of aliphatic hydroxyl groups is 1. The molecule has 38 heavy (non-hydrogen) atoms. The molecule has 0 radical (unpaired) electrons. The van der Waals surface area contributed by atoms with Gasteiger partial charge in [0, 0.05) is 42.3 Å². The Hall–Kier alpha value is -2.78. The zero-order valence-electron chi connectivity index (χ0n) is 22.6. The molecule has 1 spiro atoms. The first-order chi connectivity index (χ1) is 18.2. The van der Waals surface area contributed by atoms with Gasteiger partial charge in [-0.3, -0.25) is 14.4 Å². The van der Waals surface area contributed by atoms with E-state index in [4.69, 9.17) is 4.74 Å². The first-order valence-electron chi connectivity index (χ1n) is 13.4. The van der Waals surface area contributed by atoms with Crippen LogP contribution in [0.2, 0.25) is 0 Å². The van der Waals surface area contributed by atoms with Crippen molar-refractivity contribution in [3.63, 3.8) is 0 Å². The molecule has 1 aromatic rings. The zero-order chi connectivity index (χ0) is 27.7. The fraction of sp³-hybridized carbons (Fsp3) is 0.552. The van der Waals surface area contributed by atoms with Crippen LogP contribution in [-0.4, -0.2) is 82.7 Å². The number of nitrogens with zero attached hydrogens (tertiary/aromatic N) is 3. The van der Waals surface area contributed by atoms with Crippen LogP contribution in [0.4, 0.5) is 11.4 Å². The molecule has 0 saturated carbocycles. The number of rotatable bonds is 12. The highest BCUT2D eigenvalue weighted by Gasteiger charge is 2.77. The van der Waals surface area contributed by atoms with Crippen LogP contribution in [0.5, 0.6) is 0 Å². The third kappa shape index (κ3) is 4.43. The predicted molar refractivity (Wildman–Crippen MR) is 151 cm³/mol. The minimum absolute atomic E-state index is 0.0298. The van der Waals surface area contributed by atoms with Gasteiger partial charge in [0.2, 0.25) is 5.91 Å². The van der Waals surface area contributed by atoms with Gasteiger partial charge in [-0.25, -0.2) is 0 Å². The van der Waals surface area contributed by atoms with Crippen molar-refractivity contribution in [1.82, 2.24) is 4.90 Å². The van der Waals surface area contributed by atoms with Crippen molar-refractivity contribution < 1.29 is 24.2 Å². The second-order valence-corrected chi connectivity index (χ2v) is 12.2. The first kappa shape index (κ1) is 28.2. The van der Waals surface area contributed by atoms with Crippen molar-refractivity contribution in [3.05, 3.63) is 49.6 Å². The van der Waals surface area contributed by atoms with Crippen LogP contribution in [0.15, 0.2) is 49.6 Å². The van der Waals surface area contributed by atoms with Crippen LogP contribution < -0.4 is 9.80 Å². The Kier molecular flexibility index (Phi) is 8.28. The standard InChI is InChI=1S/C29H39N3O5S/c1-6-16-31(21-12-10-20(11-13-21)30(8-3)9-4)26(35)24-29-15-14-28(5,38-29)23(27(36)37-19-7-2)22(29)25(34)32(24)17-18-33/h6-7,10-13,22-24,33H,1-2,8-9,14-19H2,3-5H3/t22-,23-,24?,28+,29?/m0/s1. The quantitative estimate of drug-likeness (QED) is 0.321. The van der Waals surface area contributed by atoms with Gasteiger partial charge in [0.05, 0.1) is 23.2 Å². The number of ether oxygens (including phenoxy) is 1. The fourth-order valence-corrected chi connectivity index (χ4v) is 9.01. The molecule has 206 valence electrons. The molecule has 2 unspecified atom stereocenters. The van der Waals surface area contributed by atoms with Crippen molar-refractivity contribution in [2.75, 3.05) is 49.2 Å². The molecule has 0 aromatic heterocycles. The summed E-state index contributed by atoms with van der Waals surface area (Å²) >= 11 is 1.58. The highest BCUT2D eigenvalue weighted by molar-refractivity contribution is 8.02. The predicted octanol–water partition coefficient (Wildman–Crippen LogP) is 3.25. The van der Waals surface area contributed by atoms with E-state index in [1.54, 1.807) is 22.7 Å². The van der Waals surface area contributed by atoms with E-state index in [-0.39, 0.29) is 38.1 Å². The molecule has 3 aliphatic rings. The minimum atomic E-state index is -0.807. The van der Waals surface area contributed by atoms with Gasteiger partial charge in [0.1, 0.15) is 12.6 Å². The molecule has 3 fully saturated rings. The lowest BCUT2D eigenvalue weighted by atomic mass is 9.66. The van der Waals surface area contributed by atoms with Crippen molar-refractivity contribution in [1.29, 1.82) is 0 Å². The van der Waals surface area contributed by atoms with Gasteiger partial charge < -0.3 is 24.5 Å². The summed E-state index contributed by atoms with van der Waals surface area (Å²) in [6, 6.07) is 7.04. The largest absolute Gasteiger partial charge is 0.461 e. The number of hydrogen-bond acceptors (Lipinski definition) is 7. The second-order valence-electron chi connectivity index (χ2n) is 10.3. The maximum atomic E-state index is 14.4. The molecule has 3 saturated heterocycles. The van der Waals surface area contributed by atoms with E-state index in [0.29, 0.717) is 18.5 Å². The lowest BCUT2D eigenvalue weighted by molar-refractivity contribution is -0.154. The van der Waals surface area contributed by atoms with Crippen LogP contribution >= 0.6 is 11.8 Å². The number of carbonyl (C=O) groups excluding carboxylic acids is 3. The molecule has 1 aromatic carbocycles. The van der Waals surface area contributed by atoms with Gasteiger partial charge in [0.15, 0.2) is 0 Å². The van der Waals surface area contributed by atoms with Crippen LogP contribution in [0.25, 0.3) is 0 Å². The summed E-state index contributed by atoms with van der Waals surface area (Å²) in [5, 5.41) is 9.86. The number of aliphatic hydroxyl groups excluding tert-OH is 1. The number of thioether (sulfide) groups is 1. The van der Waals surface area contributed by atoms with Crippen LogP contribution in [0.1, 0.15) is 33.6 Å². The SMILES string of the molecule is C=CCOC(=O)[C@@H]1[C@H]2C(=O)N(CCO)C(C(=O)N(CC=C)c3ccc(N(CC)CC)cc3)C23CC[C@@]1(C)S3. The highest BCUT2D eigenvalue weighted by Crippen LogP contribution is 2.71. The van der Waals surface area contributed by atoms with Crippen LogP contribution in [0, 0.1) is 11.8 Å². The Labute approximate surface area is 229 Å². The van der Waals surface area contributed by atoms with Gasteiger partial charge in [-0.2, -0.15) is 0 Å². The third-order valence-corrected chi connectivity index (χ3v) is 10.3. The Balaban J connectivity index is 1.73. The van der Waals surface area contributed by atoms with E-state index < -0.39 is 33.3 Å². The molecule has 1 N–H and O–H groups in total. The fourth-order valence-electron chi connectivity index (χ4n) is 6.67.